The highest BCUT2D eigenvalue weighted by Gasteiger charge is 2.14. The van der Waals surface area contributed by atoms with Gasteiger partial charge in [-0.2, -0.15) is 0 Å². The number of benzene rings is 2. The zero-order valence-electron chi connectivity index (χ0n) is 16.3. The molecule has 0 saturated heterocycles. The van der Waals surface area contributed by atoms with Crippen LogP contribution in [0.15, 0.2) is 42.5 Å². The van der Waals surface area contributed by atoms with Crippen LogP contribution in [0, 0.1) is 0 Å². The number of rotatable bonds is 10. The Labute approximate surface area is 164 Å². The lowest BCUT2D eigenvalue weighted by molar-refractivity contribution is -0.119. The first-order chi connectivity index (χ1) is 13.6. The molecular formula is C21H25NO6. The van der Waals surface area contributed by atoms with E-state index in [-0.39, 0.29) is 5.56 Å². The molecule has 7 heteroatoms. The number of anilines is 1. The third-order valence-corrected chi connectivity index (χ3v) is 3.86. The minimum atomic E-state index is -0.622. The molecule has 150 valence electrons. The number of hydrogen-bond acceptors (Lipinski definition) is 6. The number of hydrogen-bond donors (Lipinski definition) is 1. The van der Waals surface area contributed by atoms with E-state index in [2.05, 4.69) is 12.2 Å². The van der Waals surface area contributed by atoms with Crippen molar-refractivity contribution < 1.29 is 28.5 Å². The van der Waals surface area contributed by atoms with Gasteiger partial charge in [-0.15, -0.1) is 0 Å². The van der Waals surface area contributed by atoms with Gasteiger partial charge in [0.15, 0.2) is 18.1 Å². The van der Waals surface area contributed by atoms with Gasteiger partial charge in [-0.3, -0.25) is 4.79 Å². The van der Waals surface area contributed by atoms with Crippen molar-refractivity contribution in [1.29, 1.82) is 0 Å². The molecule has 2 aromatic carbocycles. The maximum Gasteiger partial charge on any atom is 0.338 e. The molecule has 0 unspecified atom stereocenters. The van der Waals surface area contributed by atoms with Crippen LogP contribution >= 0.6 is 0 Å². The molecule has 0 fully saturated rings. The Kier molecular flexibility index (Phi) is 8.14. The third-order valence-electron chi connectivity index (χ3n) is 3.86. The molecule has 0 saturated carbocycles. The first-order valence-corrected chi connectivity index (χ1v) is 8.99. The molecule has 0 spiro atoms. The van der Waals surface area contributed by atoms with Gasteiger partial charge in [0.05, 0.1) is 26.4 Å². The smallest absolute Gasteiger partial charge is 0.338 e. The van der Waals surface area contributed by atoms with Crippen LogP contribution in [0.3, 0.4) is 0 Å². The van der Waals surface area contributed by atoms with Crippen LogP contribution in [0.4, 0.5) is 5.69 Å². The van der Waals surface area contributed by atoms with Crippen LogP contribution < -0.4 is 19.5 Å². The number of amides is 1. The van der Waals surface area contributed by atoms with Crippen molar-refractivity contribution in [1.82, 2.24) is 0 Å². The summed E-state index contributed by atoms with van der Waals surface area (Å²) < 4.78 is 21.0. The minimum absolute atomic E-state index is 0.275. The Morgan fingerprint density at radius 2 is 1.71 bits per heavy atom. The molecule has 0 heterocycles. The average Bonchev–Trinajstić information content (AvgIpc) is 2.73. The van der Waals surface area contributed by atoms with Gasteiger partial charge in [0.2, 0.25) is 0 Å². The lowest BCUT2D eigenvalue weighted by Crippen LogP contribution is -2.20. The predicted molar refractivity (Wildman–Crippen MR) is 105 cm³/mol. The molecular weight excluding hydrogens is 362 g/mol. The fraction of sp³-hybridized carbons (Fsp3) is 0.333. The van der Waals surface area contributed by atoms with Gasteiger partial charge in [-0.1, -0.05) is 13.3 Å². The molecule has 28 heavy (non-hydrogen) atoms. The molecule has 7 nitrogen and oxygen atoms in total. The summed E-state index contributed by atoms with van der Waals surface area (Å²) in [7, 11) is 3.06. The van der Waals surface area contributed by atoms with Crippen LogP contribution in [-0.4, -0.2) is 39.3 Å². The highest BCUT2D eigenvalue weighted by Crippen LogP contribution is 2.28. The summed E-state index contributed by atoms with van der Waals surface area (Å²) in [4.78, 5) is 24.2. The normalized spacial score (nSPS) is 10.1. The molecule has 0 bridgehead atoms. The number of unbranched alkanes of at least 4 members (excludes halogenated alkanes) is 1. The minimum Gasteiger partial charge on any atom is -0.497 e. The van der Waals surface area contributed by atoms with E-state index in [1.54, 1.807) is 43.5 Å². The van der Waals surface area contributed by atoms with Gasteiger partial charge in [-0.05, 0) is 48.9 Å². The summed E-state index contributed by atoms with van der Waals surface area (Å²) in [6.07, 6.45) is 1.95. The topological polar surface area (TPSA) is 83.1 Å². The van der Waals surface area contributed by atoms with E-state index in [9.17, 15) is 9.59 Å². The maximum absolute atomic E-state index is 12.2. The van der Waals surface area contributed by atoms with Crippen molar-refractivity contribution >= 4 is 17.6 Å². The third kappa shape index (κ3) is 6.19. The fourth-order valence-corrected chi connectivity index (χ4v) is 2.33. The molecule has 0 aromatic heterocycles. The van der Waals surface area contributed by atoms with E-state index >= 15 is 0 Å². The van der Waals surface area contributed by atoms with Crippen LogP contribution in [0.5, 0.6) is 17.2 Å². The Morgan fingerprint density at radius 1 is 0.964 bits per heavy atom. The largest absolute Gasteiger partial charge is 0.497 e. The molecule has 2 aromatic rings. The highest BCUT2D eigenvalue weighted by molar-refractivity contribution is 5.95. The Morgan fingerprint density at radius 3 is 2.36 bits per heavy atom. The van der Waals surface area contributed by atoms with E-state index in [4.69, 9.17) is 18.9 Å². The standard InChI is InChI=1S/C21H25NO6/c1-4-5-12-27-18-11-6-15(13-19(18)26-3)21(24)28-14-20(23)22-16-7-9-17(25-2)10-8-16/h6-11,13H,4-5,12,14H2,1-3H3,(H,22,23). The van der Waals surface area contributed by atoms with Crippen molar-refractivity contribution in [3.8, 4) is 17.2 Å². The number of nitrogens with one attached hydrogen (secondary N) is 1. The molecule has 0 radical (unpaired) electrons. The number of carbonyl (C=O) groups is 2. The number of methoxy groups -OCH3 is 2. The van der Waals surface area contributed by atoms with E-state index in [0.29, 0.717) is 29.5 Å². The second-order valence-electron chi connectivity index (χ2n) is 5.92. The Hall–Kier alpha value is -3.22. The van der Waals surface area contributed by atoms with E-state index in [1.807, 2.05) is 0 Å². The molecule has 0 aliphatic rings. The average molecular weight is 387 g/mol. The summed E-state index contributed by atoms with van der Waals surface area (Å²) in [5.74, 6) is 0.617. The first-order valence-electron chi connectivity index (χ1n) is 8.99. The van der Waals surface area contributed by atoms with Gasteiger partial charge in [0.25, 0.3) is 5.91 Å². The van der Waals surface area contributed by atoms with Crippen molar-refractivity contribution in [2.24, 2.45) is 0 Å². The fourth-order valence-electron chi connectivity index (χ4n) is 2.33. The van der Waals surface area contributed by atoms with Crippen LogP contribution in [0.1, 0.15) is 30.1 Å². The zero-order valence-corrected chi connectivity index (χ0v) is 16.3. The summed E-state index contributed by atoms with van der Waals surface area (Å²) in [6.45, 7) is 2.24. The van der Waals surface area contributed by atoms with Gasteiger partial charge in [-0.25, -0.2) is 4.79 Å². The summed E-state index contributed by atoms with van der Waals surface area (Å²) in [5, 5.41) is 2.64. The Bertz CT molecular complexity index is 788. The SMILES string of the molecule is CCCCOc1ccc(C(=O)OCC(=O)Nc2ccc(OC)cc2)cc1OC. The number of carbonyl (C=O) groups excluding carboxylic acids is 2. The quantitative estimate of drug-likeness (QED) is 0.495. The van der Waals surface area contributed by atoms with Crippen LogP contribution in [-0.2, 0) is 9.53 Å². The molecule has 0 aliphatic heterocycles. The number of ether oxygens (including phenoxy) is 4. The van der Waals surface area contributed by atoms with Gasteiger partial charge >= 0.3 is 5.97 Å². The van der Waals surface area contributed by atoms with Crippen LogP contribution in [0.25, 0.3) is 0 Å². The van der Waals surface area contributed by atoms with E-state index < -0.39 is 18.5 Å². The summed E-state index contributed by atoms with van der Waals surface area (Å²) in [6, 6.07) is 11.6. The first kappa shape index (κ1) is 21.1. The van der Waals surface area contributed by atoms with Crippen molar-refractivity contribution in [2.75, 3.05) is 32.8 Å². The molecule has 2 rings (SSSR count). The number of esters is 1. The van der Waals surface area contributed by atoms with Crippen LogP contribution in [0.2, 0.25) is 0 Å². The molecule has 0 atom stereocenters. The predicted octanol–water partition coefficient (Wildman–Crippen LogP) is 3.68. The van der Waals surface area contributed by atoms with E-state index in [1.165, 1.54) is 13.2 Å². The second kappa shape index (κ2) is 10.8. The van der Waals surface area contributed by atoms with E-state index in [0.717, 1.165) is 12.8 Å². The van der Waals surface area contributed by atoms with Gasteiger partial charge in [0.1, 0.15) is 5.75 Å². The molecule has 0 aliphatic carbocycles. The molecule has 1 amide bonds. The maximum atomic E-state index is 12.2. The lowest BCUT2D eigenvalue weighted by Gasteiger charge is -2.12. The highest BCUT2D eigenvalue weighted by atomic mass is 16.5. The monoisotopic (exact) mass is 387 g/mol. The summed E-state index contributed by atoms with van der Waals surface area (Å²) >= 11 is 0. The van der Waals surface area contributed by atoms with Crippen molar-refractivity contribution in [3.05, 3.63) is 48.0 Å². The van der Waals surface area contributed by atoms with Crippen molar-refractivity contribution in [3.63, 3.8) is 0 Å². The summed E-state index contributed by atoms with van der Waals surface area (Å²) in [5.41, 5.74) is 0.856. The Balaban J connectivity index is 1.89. The van der Waals surface area contributed by atoms with Crippen molar-refractivity contribution in [2.45, 2.75) is 19.8 Å². The zero-order chi connectivity index (χ0) is 20.4. The van der Waals surface area contributed by atoms with Gasteiger partial charge in [0, 0.05) is 5.69 Å². The molecule has 1 N–H and O–H groups in total. The van der Waals surface area contributed by atoms with Gasteiger partial charge < -0.3 is 24.3 Å². The lowest BCUT2D eigenvalue weighted by atomic mass is 10.2. The second-order valence-corrected chi connectivity index (χ2v) is 5.92.